The minimum Gasteiger partial charge on any atom is -0.342 e. The molecule has 186 valence electrons. The molecule has 38 heavy (non-hydrogen) atoms. The lowest BCUT2D eigenvalue weighted by Gasteiger charge is -2.37. The average Bonchev–Trinajstić information content (AvgIpc) is 3.22. The summed E-state index contributed by atoms with van der Waals surface area (Å²) in [6, 6.07) is 31.5. The van der Waals surface area contributed by atoms with Gasteiger partial charge in [0, 0.05) is 46.8 Å². The molecule has 1 fully saturated rings. The number of benzene rings is 3. The molecule has 0 bridgehead atoms. The molecule has 1 aromatic heterocycles. The first-order valence-corrected chi connectivity index (χ1v) is 13.8. The Kier molecular flexibility index (Phi) is 4.22. The monoisotopic (exact) mass is 492 g/mol. The Labute approximate surface area is 225 Å². The smallest absolute Gasteiger partial charge is 0.0776 e. The lowest BCUT2D eigenvalue weighted by Crippen LogP contribution is -2.28. The molecule has 8 rings (SSSR count). The summed E-state index contributed by atoms with van der Waals surface area (Å²) in [5.74, 6) is 0.367. The topological polar surface area (TPSA) is 8.17 Å². The van der Waals surface area contributed by atoms with Crippen LogP contribution in [-0.4, -0.2) is 9.47 Å². The summed E-state index contributed by atoms with van der Waals surface area (Å²) in [6.45, 7) is 9.49. The third kappa shape index (κ3) is 2.53. The van der Waals surface area contributed by atoms with Gasteiger partial charge in [-0.05, 0) is 71.9 Å². The first-order chi connectivity index (χ1) is 18.4. The average molecular weight is 493 g/mol. The van der Waals surface area contributed by atoms with Crippen LogP contribution in [0.15, 0.2) is 115 Å². The number of hydrogen-bond donors (Lipinski definition) is 0. The number of fused-ring (bicyclic) bond motifs is 9. The quantitative estimate of drug-likeness (QED) is 0.272. The van der Waals surface area contributed by atoms with E-state index in [0.29, 0.717) is 5.92 Å². The van der Waals surface area contributed by atoms with Crippen molar-refractivity contribution in [1.82, 2.24) is 9.47 Å². The molecular formula is C36H32N2. The maximum Gasteiger partial charge on any atom is 0.0776 e. The van der Waals surface area contributed by atoms with E-state index in [1.807, 2.05) is 0 Å². The van der Waals surface area contributed by atoms with Crippen molar-refractivity contribution >= 4 is 11.1 Å². The van der Waals surface area contributed by atoms with E-state index in [4.69, 9.17) is 0 Å². The highest BCUT2D eigenvalue weighted by atomic mass is 15.2. The van der Waals surface area contributed by atoms with Crippen molar-refractivity contribution in [3.63, 3.8) is 0 Å². The van der Waals surface area contributed by atoms with E-state index in [2.05, 4.69) is 147 Å². The zero-order valence-corrected chi connectivity index (χ0v) is 22.4. The van der Waals surface area contributed by atoms with Gasteiger partial charge in [0.2, 0.25) is 0 Å². The van der Waals surface area contributed by atoms with Crippen LogP contribution in [0.5, 0.6) is 0 Å². The Hall–Kier alpha value is -4.04. The normalized spacial score (nSPS) is 28.1. The van der Waals surface area contributed by atoms with Crippen molar-refractivity contribution < 1.29 is 0 Å². The van der Waals surface area contributed by atoms with Gasteiger partial charge in [-0.15, -0.1) is 0 Å². The molecule has 4 unspecified atom stereocenters. The highest BCUT2D eigenvalue weighted by molar-refractivity contribution is 5.86. The highest BCUT2D eigenvalue weighted by Gasteiger charge is 2.76. The molecule has 1 aliphatic carbocycles. The third-order valence-corrected chi connectivity index (χ3v) is 10.2. The maximum absolute atomic E-state index is 2.58. The fourth-order valence-corrected chi connectivity index (χ4v) is 8.15. The van der Waals surface area contributed by atoms with Gasteiger partial charge in [-0.3, -0.25) is 0 Å². The van der Waals surface area contributed by atoms with Crippen LogP contribution in [0.25, 0.3) is 22.4 Å². The number of allylic oxidation sites excluding steroid dienone is 3. The molecule has 0 amide bonds. The maximum atomic E-state index is 2.58. The molecule has 1 saturated carbocycles. The minimum atomic E-state index is -0.0219. The largest absolute Gasteiger partial charge is 0.342 e. The van der Waals surface area contributed by atoms with Crippen LogP contribution in [0.1, 0.15) is 54.6 Å². The van der Waals surface area contributed by atoms with Crippen molar-refractivity contribution in [2.75, 3.05) is 0 Å². The van der Waals surface area contributed by atoms with Crippen LogP contribution < -0.4 is 0 Å². The molecule has 0 saturated heterocycles. The summed E-state index contributed by atoms with van der Waals surface area (Å²) < 4.78 is 2.58. The van der Waals surface area contributed by atoms with Crippen molar-refractivity contribution in [1.29, 1.82) is 0 Å². The second-order valence-electron chi connectivity index (χ2n) is 11.9. The van der Waals surface area contributed by atoms with Gasteiger partial charge >= 0.3 is 0 Å². The van der Waals surface area contributed by atoms with E-state index >= 15 is 0 Å². The zero-order valence-electron chi connectivity index (χ0n) is 22.4. The summed E-state index contributed by atoms with van der Waals surface area (Å²) in [5.41, 5.74) is 13.8. The van der Waals surface area contributed by atoms with E-state index < -0.39 is 0 Å². The van der Waals surface area contributed by atoms with E-state index in [9.17, 15) is 0 Å². The Morgan fingerprint density at radius 1 is 0.763 bits per heavy atom. The van der Waals surface area contributed by atoms with Crippen molar-refractivity contribution in [2.24, 2.45) is 5.92 Å². The Bertz CT molecular complexity index is 1730. The molecule has 0 N–H and O–H groups in total. The first kappa shape index (κ1) is 22.0. The predicted molar refractivity (Wildman–Crippen MR) is 156 cm³/mol. The summed E-state index contributed by atoms with van der Waals surface area (Å²) in [6.07, 6.45) is 9.60. The lowest BCUT2D eigenvalue weighted by molar-refractivity contribution is 0.421. The number of rotatable bonds is 2. The van der Waals surface area contributed by atoms with Crippen LogP contribution >= 0.6 is 0 Å². The molecule has 0 spiro atoms. The summed E-state index contributed by atoms with van der Waals surface area (Å²) in [4.78, 5) is 2.47. The molecule has 2 heteroatoms. The highest BCUT2D eigenvalue weighted by Crippen LogP contribution is 2.76. The lowest BCUT2D eigenvalue weighted by atomic mass is 9.80. The molecule has 4 aliphatic rings. The Balaban J connectivity index is 1.34. The predicted octanol–water partition coefficient (Wildman–Crippen LogP) is 8.48. The fraction of sp³-hybridized carbons (Fsp3) is 0.222. The molecule has 4 atom stereocenters. The number of aromatic nitrogens is 1. The second-order valence-corrected chi connectivity index (χ2v) is 11.9. The molecule has 2 nitrogen and oxygen atoms in total. The van der Waals surface area contributed by atoms with Gasteiger partial charge in [0.05, 0.1) is 11.6 Å². The Morgan fingerprint density at radius 2 is 1.55 bits per heavy atom. The van der Waals surface area contributed by atoms with Crippen LogP contribution in [0, 0.1) is 12.8 Å². The number of aryl methyl sites for hydroxylation is 1. The second kappa shape index (κ2) is 7.29. The zero-order chi connectivity index (χ0) is 25.8. The van der Waals surface area contributed by atoms with Gasteiger partial charge in [-0.1, -0.05) is 85.8 Å². The van der Waals surface area contributed by atoms with Crippen LogP contribution in [0.3, 0.4) is 0 Å². The molecule has 0 radical (unpaired) electrons. The number of nitrogens with zero attached hydrogens (tertiary/aromatic N) is 2. The van der Waals surface area contributed by atoms with E-state index in [1.165, 1.54) is 55.8 Å². The Morgan fingerprint density at radius 3 is 2.39 bits per heavy atom. The van der Waals surface area contributed by atoms with Gasteiger partial charge in [-0.25, -0.2) is 0 Å². The SMILES string of the molecule is CC1=CC2c3ccccc3C(C3C4(C)c5cccc(C)c5-c5cccn5C34C)=CN2C=C1c1ccccc1. The van der Waals surface area contributed by atoms with Crippen molar-refractivity contribution in [3.8, 4) is 11.3 Å². The fourth-order valence-electron chi connectivity index (χ4n) is 8.15. The molecule has 4 aromatic rings. The van der Waals surface area contributed by atoms with E-state index in [1.54, 1.807) is 0 Å². The van der Waals surface area contributed by atoms with Gasteiger partial charge in [0.15, 0.2) is 0 Å². The molecular weight excluding hydrogens is 460 g/mol. The summed E-state index contributed by atoms with van der Waals surface area (Å²) in [5, 5.41) is 0. The summed E-state index contributed by atoms with van der Waals surface area (Å²) >= 11 is 0. The first-order valence-electron chi connectivity index (χ1n) is 13.8. The molecule has 4 heterocycles. The molecule has 3 aromatic carbocycles. The van der Waals surface area contributed by atoms with Gasteiger partial charge < -0.3 is 9.47 Å². The van der Waals surface area contributed by atoms with E-state index in [0.717, 1.165) is 0 Å². The molecule has 3 aliphatic heterocycles. The third-order valence-electron chi connectivity index (χ3n) is 10.2. The van der Waals surface area contributed by atoms with Crippen molar-refractivity contribution in [3.05, 3.63) is 143 Å². The standard InChI is InChI=1S/C36H32N2/c1-23-12-10-17-30-33(23)31-18-11-19-38(31)36(4)34(35(30,36)3)29-22-37-21-28(25-13-6-5-7-14-25)24(2)20-32(37)27-16-9-8-15-26(27)29/h5-22,32,34H,1-4H3. The van der Waals surface area contributed by atoms with Crippen LogP contribution in [0.2, 0.25) is 0 Å². The minimum absolute atomic E-state index is 0.0136. The number of hydrogen-bond acceptors (Lipinski definition) is 1. The van der Waals surface area contributed by atoms with Crippen LogP contribution in [0.4, 0.5) is 0 Å². The van der Waals surface area contributed by atoms with E-state index in [-0.39, 0.29) is 17.0 Å². The summed E-state index contributed by atoms with van der Waals surface area (Å²) in [7, 11) is 0. The van der Waals surface area contributed by atoms with Crippen molar-refractivity contribution in [2.45, 2.75) is 44.7 Å². The van der Waals surface area contributed by atoms with Gasteiger partial charge in [-0.2, -0.15) is 0 Å². The van der Waals surface area contributed by atoms with Gasteiger partial charge in [0.1, 0.15) is 0 Å². The van der Waals surface area contributed by atoms with Gasteiger partial charge in [0.25, 0.3) is 0 Å². The van der Waals surface area contributed by atoms with Crippen LogP contribution in [-0.2, 0) is 11.0 Å².